The normalized spacial score (nSPS) is 11.8. The van der Waals surface area contributed by atoms with E-state index in [1.165, 1.54) is 0 Å². The standard InChI is InChI=1S/C14H13N3O2/c1-9(16-17-15)6-10-7-11-4-2-3-5-12(11)13(8-10)14(18)19/h2-5,7-9H,6H2,1H3,(H,18,19). The van der Waals surface area contributed by atoms with E-state index in [-0.39, 0.29) is 11.6 Å². The van der Waals surface area contributed by atoms with Crippen molar-refractivity contribution in [1.82, 2.24) is 0 Å². The molecule has 2 rings (SSSR count). The molecule has 0 saturated carbocycles. The minimum Gasteiger partial charge on any atom is -0.478 e. The number of aromatic carboxylic acids is 1. The van der Waals surface area contributed by atoms with Crippen LogP contribution in [-0.2, 0) is 6.42 Å². The van der Waals surface area contributed by atoms with Gasteiger partial charge in [-0.15, -0.1) is 0 Å². The molecule has 0 saturated heterocycles. The van der Waals surface area contributed by atoms with Crippen LogP contribution in [0.25, 0.3) is 21.2 Å². The Kier molecular flexibility index (Phi) is 3.68. The zero-order chi connectivity index (χ0) is 13.8. The third kappa shape index (κ3) is 2.84. The summed E-state index contributed by atoms with van der Waals surface area (Å²) < 4.78 is 0. The number of nitrogens with zero attached hydrogens (tertiary/aromatic N) is 3. The highest BCUT2D eigenvalue weighted by molar-refractivity contribution is 6.04. The fourth-order valence-corrected chi connectivity index (χ4v) is 2.14. The van der Waals surface area contributed by atoms with Crippen molar-refractivity contribution in [2.24, 2.45) is 5.11 Å². The average Bonchev–Trinajstić information content (AvgIpc) is 2.37. The number of hydrogen-bond donors (Lipinski definition) is 1. The summed E-state index contributed by atoms with van der Waals surface area (Å²) >= 11 is 0. The first-order valence-electron chi connectivity index (χ1n) is 5.91. The molecule has 0 amide bonds. The lowest BCUT2D eigenvalue weighted by atomic mass is 9.98. The van der Waals surface area contributed by atoms with E-state index in [1.807, 2.05) is 24.3 Å². The maximum Gasteiger partial charge on any atom is 0.336 e. The number of azide groups is 1. The first-order valence-corrected chi connectivity index (χ1v) is 5.91. The Bertz CT molecular complexity index is 675. The predicted molar refractivity (Wildman–Crippen MR) is 73.2 cm³/mol. The summed E-state index contributed by atoms with van der Waals surface area (Å²) in [7, 11) is 0. The summed E-state index contributed by atoms with van der Waals surface area (Å²) in [5.41, 5.74) is 9.53. The lowest BCUT2D eigenvalue weighted by Gasteiger charge is -2.09. The fourth-order valence-electron chi connectivity index (χ4n) is 2.14. The van der Waals surface area contributed by atoms with Crippen molar-refractivity contribution in [2.75, 3.05) is 0 Å². The van der Waals surface area contributed by atoms with Crippen LogP contribution in [0.1, 0.15) is 22.8 Å². The van der Waals surface area contributed by atoms with Gasteiger partial charge in [-0.2, -0.15) is 0 Å². The molecule has 1 atom stereocenters. The summed E-state index contributed by atoms with van der Waals surface area (Å²) in [4.78, 5) is 14.1. The SMILES string of the molecule is CC(Cc1cc(C(=O)O)c2ccccc2c1)N=[N+]=[N-]. The number of fused-ring (bicyclic) bond motifs is 1. The van der Waals surface area contributed by atoms with Crippen LogP contribution in [0.5, 0.6) is 0 Å². The molecule has 0 aliphatic rings. The van der Waals surface area contributed by atoms with Gasteiger partial charge in [0.1, 0.15) is 0 Å². The molecule has 0 heterocycles. The van der Waals surface area contributed by atoms with Gasteiger partial charge < -0.3 is 5.11 Å². The molecule has 0 bridgehead atoms. The Morgan fingerprint density at radius 2 is 2.16 bits per heavy atom. The Labute approximate surface area is 110 Å². The Balaban J connectivity index is 2.52. The first kappa shape index (κ1) is 12.9. The van der Waals surface area contributed by atoms with Crippen LogP contribution in [0.2, 0.25) is 0 Å². The molecule has 0 fully saturated rings. The zero-order valence-corrected chi connectivity index (χ0v) is 10.4. The monoisotopic (exact) mass is 255 g/mol. The molecule has 19 heavy (non-hydrogen) atoms. The van der Waals surface area contributed by atoms with Crippen molar-refractivity contribution in [3.63, 3.8) is 0 Å². The Hall–Kier alpha value is -2.52. The summed E-state index contributed by atoms with van der Waals surface area (Å²) in [6.45, 7) is 1.80. The minimum absolute atomic E-state index is 0.201. The number of rotatable bonds is 4. The second kappa shape index (κ2) is 5.42. The van der Waals surface area contributed by atoms with Gasteiger partial charge >= 0.3 is 5.97 Å². The van der Waals surface area contributed by atoms with Crippen molar-refractivity contribution in [3.8, 4) is 0 Å². The van der Waals surface area contributed by atoms with E-state index in [2.05, 4.69) is 10.0 Å². The largest absolute Gasteiger partial charge is 0.478 e. The topological polar surface area (TPSA) is 86.1 Å². The molecule has 1 unspecified atom stereocenters. The molecule has 0 aromatic heterocycles. The van der Waals surface area contributed by atoms with Crippen molar-refractivity contribution in [1.29, 1.82) is 0 Å². The number of carboxylic acid groups (broad SMARTS) is 1. The van der Waals surface area contributed by atoms with Crippen molar-refractivity contribution in [3.05, 3.63) is 58.0 Å². The van der Waals surface area contributed by atoms with E-state index in [1.54, 1.807) is 19.1 Å². The van der Waals surface area contributed by atoms with E-state index in [4.69, 9.17) is 5.53 Å². The van der Waals surface area contributed by atoms with E-state index < -0.39 is 5.97 Å². The van der Waals surface area contributed by atoms with Gasteiger partial charge in [0.05, 0.1) is 5.56 Å². The zero-order valence-electron chi connectivity index (χ0n) is 10.4. The third-order valence-corrected chi connectivity index (χ3v) is 2.93. The van der Waals surface area contributed by atoms with E-state index >= 15 is 0 Å². The second-order valence-corrected chi connectivity index (χ2v) is 4.43. The molecule has 0 radical (unpaired) electrons. The highest BCUT2D eigenvalue weighted by atomic mass is 16.4. The van der Waals surface area contributed by atoms with Gasteiger partial charge in [-0.25, -0.2) is 4.79 Å². The first-order chi connectivity index (χ1) is 9.11. The maximum absolute atomic E-state index is 11.3. The lowest BCUT2D eigenvalue weighted by molar-refractivity contribution is 0.0699. The van der Waals surface area contributed by atoms with E-state index in [0.29, 0.717) is 6.42 Å². The highest BCUT2D eigenvalue weighted by Crippen LogP contribution is 2.22. The van der Waals surface area contributed by atoms with E-state index in [9.17, 15) is 9.90 Å². The Morgan fingerprint density at radius 3 is 2.84 bits per heavy atom. The lowest BCUT2D eigenvalue weighted by Crippen LogP contribution is -2.05. The van der Waals surface area contributed by atoms with Crippen LogP contribution in [-0.4, -0.2) is 17.1 Å². The average molecular weight is 255 g/mol. The number of benzene rings is 2. The highest BCUT2D eigenvalue weighted by Gasteiger charge is 2.11. The second-order valence-electron chi connectivity index (χ2n) is 4.43. The quantitative estimate of drug-likeness (QED) is 0.512. The van der Waals surface area contributed by atoms with Crippen molar-refractivity contribution in [2.45, 2.75) is 19.4 Å². The van der Waals surface area contributed by atoms with Crippen LogP contribution in [0.4, 0.5) is 0 Å². The maximum atomic E-state index is 11.3. The molecular formula is C14H13N3O2. The summed E-state index contributed by atoms with van der Waals surface area (Å²) in [6, 6.07) is 10.7. The fraction of sp³-hybridized carbons (Fsp3) is 0.214. The van der Waals surface area contributed by atoms with Gasteiger partial charge in [0.25, 0.3) is 0 Å². The molecule has 5 heteroatoms. The van der Waals surface area contributed by atoms with Gasteiger partial charge in [-0.3, -0.25) is 0 Å². The molecule has 5 nitrogen and oxygen atoms in total. The summed E-state index contributed by atoms with van der Waals surface area (Å²) in [5.74, 6) is -0.950. The molecule has 96 valence electrons. The van der Waals surface area contributed by atoms with Crippen LogP contribution < -0.4 is 0 Å². The van der Waals surface area contributed by atoms with Crippen LogP contribution >= 0.6 is 0 Å². The molecule has 0 aliphatic heterocycles. The van der Waals surface area contributed by atoms with Crippen molar-refractivity contribution < 1.29 is 9.90 Å². The number of hydrogen-bond acceptors (Lipinski definition) is 2. The van der Waals surface area contributed by atoms with E-state index in [0.717, 1.165) is 16.3 Å². The predicted octanol–water partition coefficient (Wildman–Crippen LogP) is 3.78. The number of carboxylic acids is 1. The van der Waals surface area contributed by atoms with Gasteiger partial charge in [0.2, 0.25) is 0 Å². The summed E-state index contributed by atoms with van der Waals surface area (Å²) in [6.07, 6.45) is 0.523. The van der Waals surface area contributed by atoms with Gasteiger partial charge in [0.15, 0.2) is 0 Å². The molecule has 0 spiro atoms. The van der Waals surface area contributed by atoms with Gasteiger partial charge in [-0.05, 0) is 34.4 Å². The summed E-state index contributed by atoms with van der Waals surface area (Å²) in [5, 5.41) is 14.5. The van der Waals surface area contributed by atoms with Gasteiger partial charge in [0, 0.05) is 11.0 Å². The van der Waals surface area contributed by atoms with Crippen LogP contribution in [0.3, 0.4) is 0 Å². The molecule has 2 aromatic rings. The smallest absolute Gasteiger partial charge is 0.336 e. The molecular weight excluding hydrogens is 242 g/mol. The number of carbonyl (C=O) groups is 1. The third-order valence-electron chi connectivity index (χ3n) is 2.93. The molecule has 1 N–H and O–H groups in total. The molecule has 0 aliphatic carbocycles. The van der Waals surface area contributed by atoms with Crippen LogP contribution in [0, 0.1) is 0 Å². The Morgan fingerprint density at radius 1 is 1.42 bits per heavy atom. The van der Waals surface area contributed by atoms with Crippen molar-refractivity contribution >= 4 is 16.7 Å². The molecule has 2 aromatic carbocycles. The van der Waals surface area contributed by atoms with Gasteiger partial charge in [-0.1, -0.05) is 42.4 Å². The minimum atomic E-state index is -0.950. The van der Waals surface area contributed by atoms with Crippen LogP contribution in [0.15, 0.2) is 41.5 Å².